The minimum atomic E-state index is 0.241. The number of hydrogen-bond donors (Lipinski definition) is 0. The third kappa shape index (κ3) is 3.32. The molecule has 0 N–H and O–H groups in total. The Morgan fingerprint density at radius 3 is 2.41 bits per heavy atom. The Hall–Kier alpha value is -1.32. The Morgan fingerprint density at radius 2 is 1.76 bits per heavy atom. The van der Waals surface area contributed by atoms with Gasteiger partial charge in [0.1, 0.15) is 22.7 Å². The van der Waals surface area contributed by atoms with Crippen LogP contribution in [0.2, 0.25) is 10.3 Å². The molecule has 17 heavy (non-hydrogen) atoms. The maximum Gasteiger partial charge on any atom is 0.169 e. The Morgan fingerprint density at radius 1 is 1.12 bits per heavy atom. The van der Waals surface area contributed by atoms with E-state index in [4.69, 9.17) is 27.9 Å². The van der Waals surface area contributed by atoms with E-state index in [2.05, 4.69) is 9.97 Å². The summed E-state index contributed by atoms with van der Waals surface area (Å²) in [7, 11) is 0. The lowest BCUT2D eigenvalue weighted by Gasteiger charge is -2.07. The van der Waals surface area contributed by atoms with E-state index >= 15 is 0 Å². The van der Waals surface area contributed by atoms with Crippen LogP contribution >= 0.6 is 23.2 Å². The van der Waals surface area contributed by atoms with E-state index < -0.39 is 0 Å². The van der Waals surface area contributed by atoms with Gasteiger partial charge in [-0.15, -0.1) is 0 Å². The summed E-state index contributed by atoms with van der Waals surface area (Å²) < 4.78 is 5.59. The minimum absolute atomic E-state index is 0.241. The molecule has 5 heteroatoms. The van der Waals surface area contributed by atoms with E-state index in [9.17, 15) is 0 Å². The highest BCUT2D eigenvalue weighted by molar-refractivity contribution is 6.33. The van der Waals surface area contributed by atoms with Crippen LogP contribution in [0.3, 0.4) is 0 Å². The van der Waals surface area contributed by atoms with Crippen LogP contribution in [-0.4, -0.2) is 9.97 Å². The average molecular weight is 269 g/mol. The zero-order valence-corrected chi connectivity index (χ0v) is 10.7. The largest absolute Gasteiger partial charge is 0.485 e. The first-order chi connectivity index (χ1) is 8.15. The zero-order valence-electron chi connectivity index (χ0n) is 9.15. The van der Waals surface area contributed by atoms with E-state index in [1.54, 1.807) is 0 Å². The number of rotatable bonds is 3. The van der Waals surface area contributed by atoms with Gasteiger partial charge in [0.05, 0.1) is 0 Å². The van der Waals surface area contributed by atoms with Crippen molar-refractivity contribution in [3.8, 4) is 5.75 Å². The van der Waals surface area contributed by atoms with E-state index in [-0.39, 0.29) is 6.61 Å². The molecule has 1 heterocycles. The molecule has 0 spiro atoms. The molecule has 0 atom stereocenters. The molecule has 0 saturated heterocycles. The molecule has 0 unspecified atom stereocenters. The second-order valence-electron chi connectivity index (χ2n) is 3.48. The Balaban J connectivity index is 2.10. The first-order valence-electron chi connectivity index (χ1n) is 5.02. The van der Waals surface area contributed by atoms with Crippen LogP contribution in [0.1, 0.15) is 11.4 Å². The maximum atomic E-state index is 5.77. The smallest absolute Gasteiger partial charge is 0.169 e. The van der Waals surface area contributed by atoms with Crippen LogP contribution in [0.5, 0.6) is 5.75 Å². The van der Waals surface area contributed by atoms with E-state index in [1.807, 2.05) is 31.2 Å². The first kappa shape index (κ1) is 12.1. The highest BCUT2D eigenvalue weighted by atomic mass is 35.5. The zero-order chi connectivity index (χ0) is 12.3. The Kier molecular flexibility index (Phi) is 3.82. The van der Waals surface area contributed by atoms with Crippen LogP contribution in [0.15, 0.2) is 30.3 Å². The number of aromatic nitrogens is 2. The molecule has 1 aromatic carbocycles. The number of hydrogen-bond acceptors (Lipinski definition) is 3. The summed E-state index contributed by atoms with van der Waals surface area (Å²) in [5, 5.41) is 0.627. The van der Waals surface area contributed by atoms with Gasteiger partial charge in [-0.1, -0.05) is 41.4 Å². The van der Waals surface area contributed by atoms with Crippen molar-refractivity contribution in [2.24, 2.45) is 0 Å². The van der Waals surface area contributed by atoms with Gasteiger partial charge in [0, 0.05) is 6.07 Å². The fourth-order valence-electron chi connectivity index (χ4n) is 1.36. The van der Waals surface area contributed by atoms with Crippen LogP contribution in [-0.2, 0) is 6.61 Å². The number of benzene rings is 1. The van der Waals surface area contributed by atoms with E-state index in [1.165, 1.54) is 6.07 Å². The third-order valence-corrected chi connectivity index (χ3v) is 2.55. The lowest BCUT2D eigenvalue weighted by Crippen LogP contribution is -2.02. The predicted molar refractivity (Wildman–Crippen MR) is 67.6 cm³/mol. The van der Waals surface area contributed by atoms with Gasteiger partial charge in [0.15, 0.2) is 5.82 Å². The van der Waals surface area contributed by atoms with Crippen molar-refractivity contribution in [2.75, 3.05) is 0 Å². The minimum Gasteiger partial charge on any atom is -0.485 e. The van der Waals surface area contributed by atoms with Crippen LogP contribution < -0.4 is 4.74 Å². The number of aryl methyl sites for hydroxylation is 1. The Bertz CT molecular complexity index is 511. The molecular formula is C12H10Cl2N2O. The molecule has 0 saturated carbocycles. The summed E-state index contributed by atoms with van der Waals surface area (Å²) in [5.41, 5.74) is 1.06. The monoisotopic (exact) mass is 268 g/mol. The van der Waals surface area contributed by atoms with Gasteiger partial charge in [0.25, 0.3) is 0 Å². The van der Waals surface area contributed by atoms with Gasteiger partial charge < -0.3 is 4.74 Å². The van der Waals surface area contributed by atoms with E-state index in [0.29, 0.717) is 16.1 Å². The third-order valence-electron chi connectivity index (χ3n) is 2.16. The topological polar surface area (TPSA) is 35.0 Å². The maximum absolute atomic E-state index is 5.77. The fraction of sp³-hybridized carbons (Fsp3) is 0.167. The van der Waals surface area contributed by atoms with Crippen LogP contribution in [0, 0.1) is 6.92 Å². The lowest BCUT2D eigenvalue weighted by molar-refractivity contribution is 0.294. The molecule has 88 valence electrons. The highest BCUT2D eigenvalue weighted by Gasteiger charge is 2.04. The first-order valence-corrected chi connectivity index (χ1v) is 5.78. The van der Waals surface area contributed by atoms with Crippen molar-refractivity contribution < 1.29 is 4.74 Å². The van der Waals surface area contributed by atoms with Gasteiger partial charge in [0.2, 0.25) is 0 Å². The van der Waals surface area contributed by atoms with Crippen molar-refractivity contribution in [2.45, 2.75) is 13.5 Å². The predicted octanol–water partition coefficient (Wildman–Crippen LogP) is 3.67. The van der Waals surface area contributed by atoms with Gasteiger partial charge >= 0.3 is 0 Å². The van der Waals surface area contributed by atoms with Gasteiger partial charge in [-0.25, -0.2) is 9.97 Å². The summed E-state index contributed by atoms with van der Waals surface area (Å²) in [6, 6.07) is 9.21. The molecule has 0 aliphatic heterocycles. The SMILES string of the molecule is Cc1ccccc1OCc1nc(Cl)cc(Cl)n1. The second-order valence-corrected chi connectivity index (χ2v) is 4.26. The second kappa shape index (κ2) is 5.34. The Labute approximate surface area is 109 Å². The van der Waals surface area contributed by atoms with Crippen molar-refractivity contribution in [3.63, 3.8) is 0 Å². The van der Waals surface area contributed by atoms with E-state index in [0.717, 1.165) is 11.3 Å². The lowest BCUT2D eigenvalue weighted by atomic mass is 10.2. The summed E-state index contributed by atoms with van der Waals surface area (Å²) >= 11 is 11.5. The van der Waals surface area contributed by atoms with Gasteiger partial charge in [-0.05, 0) is 18.6 Å². The molecule has 2 rings (SSSR count). The highest BCUT2D eigenvalue weighted by Crippen LogP contribution is 2.18. The standard InChI is InChI=1S/C12H10Cl2N2O/c1-8-4-2-3-5-9(8)17-7-12-15-10(13)6-11(14)16-12/h2-6H,7H2,1H3. The summed E-state index contributed by atoms with van der Waals surface area (Å²) in [4.78, 5) is 8.05. The molecule has 0 aliphatic rings. The summed E-state index contributed by atoms with van der Waals surface area (Å²) in [6.45, 7) is 2.21. The average Bonchev–Trinajstić information content (AvgIpc) is 2.27. The molecule has 3 nitrogen and oxygen atoms in total. The van der Waals surface area contributed by atoms with Crippen molar-refractivity contribution in [1.29, 1.82) is 0 Å². The van der Waals surface area contributed by atoms with Gasteiger partial charge in [-0.2, -0.15) is 0 Å². The van der Waals surface area contributed by atoms with Crippen molar-refractivity contribution in [3.05, 3.63) is 52.0 Å². The molecule has 0 aliphatic carbocycles. The quantitative estimate of drug-likeness (QED) is 0.797. The number of ether oxygens (including phenoxy) is 1. The van der Waals surface area contributed by atoms with Crippen molar-refractivity contribution >= 4 is 23.2 Å². The molecule has 0 radical (unpaired) electrons. The van der Waals surface area contributed by atoms with Crippen LogP contribution in [0.25, 0.3) is 0 Å². The number of nitrogens with zero attached hydrogens (tertiary/aromatic N) is 2. The number of para-hydroxylation sites is 1. The summed E-state index contributed by atoms with van der Waals surface area (Å²) in [6.07, 6.45) is 0. The number of halogens is 2. The molecule has 0 fully saturated rings. The molecular weight excluding hydrogens is 259 g/mol. The van der Waals surface area contributed by atoms with Gasteiger partial charge in [-0.3, -0.25) is 0 Å². The van der Waals surface area contributed by atoms with Crippen LogP contribution in [0.4, 0.5) is 0 Å². The summed E-state index contributed by atoms with van der Waals surface area (Å²) in [5.74, 6) is 1.26. The molecule has 0 amide bonds. The molecule has 0 bridgehead atoms. The molecule has 1 aromatic heterocycles. The normalized spacial score (nSPS) is 10.3. The fourth-order valence-corrected chi connectivity index (χ4v) is 1.82. The van der Waals surface area contributed by atoms with Crippen molar-refractivity contribution in [1.82, 2.24) is 9.97 Å². The molecule has 2 aromatic rings.